The summed E-state index contributed by atoms with van der Waals surface area (Å²) in [6, 6.07) is 0. The van der Waals surface area contributed by atoms with Crippen molar-refractivity contribution >= 4 is 12.0 Å². The fourth-order valence-electron chi connectivity index (χ4n) is 2.78. The van der Waals surface area contributed by atoms with Crippen LogP contribution in [0.1, 0.15) is 12.8 Å². The summed E-state index contributed by atoms with van der Waals surface area (Å²) < 4.78 is 15.8. The van der Waals surface area contributed by atoms with E-state index < -0.39 is 6.09 Å². The molecule has 1 atom stereocenters. The molecule has 9 heteroatoms. The highest BCUT2D eigenvalue weighted by atomic mass is 16.6. The van der Waals surface area contributed by atoms with Crippen molar-refractivity contribution in [1.29, 1.82) is 0 Å². The van der Waals surface area contributed by atoms with Crippen LogP contribution in [0.5, 0.6) is 11.8 Å². The summed E-state index contributed by atoms with van der Waals surface area (Å²) in [6.07, 6.45) is 4.08. The molecule has 1 aromatic rings. The van der Waals surface area contributed by atoms with E-state index >= 15 is 0 Å². The Bertz CT molecular complexity index is 611. The van der Waals surface area contributed by atoms with Crippen LogP contribution in [0.2, 0.25) is 0 Å². The van der Waals surface area contributed by atoms with Crippen molar-refractivity contribution in [1.82, 2.24) is 19.8 Å². The average Bonchev–Trinajstić information content (AvgIpc) is 3.00. The number of methoxy groups -OCH3 is 1. The Morgan fingerprint density at radius 2 is 2.12 bits per heavy atom. The van der Waals surface area contributed by atoms with Crippen LogP contribution in [-0.4, -0.2) is 77.8 Å². The molecule has 2 fully saturated rings. The number of ether oxygens (including phenoxy) is 3. The Kier molecular flexibility index (Phi) is 4.97. The van der Waals surface area contributed by atoms with Gasteiger partial charge in [-0.15, -0.1) is 0 Å². The number of rotatable bonds is 5. The summed E-state index contributed by atoms with van der Waals surface area (Å²) >= 11 is 0. The van der Waals surface area contributed by atoms with E-state index in [0.29, 0.717) is 38.0 Å². The van der Waals surface area contributed by atoms with E-state index in [2.05, 4.69) is 9.97 Å². The Balaban J connectivity index is 1.57. The molecule has 0 radical (unpaired) electrons. The van der Waals surface area contributed by atoms with Crippen molar-refractivity contribution in [3.63, 3.8) is 0 Å². The number of carbonyl (C=O) groups excluding carboxylic acids is 2. The van der Waals surface area contributed by atoms with Crippen molar-refractivity contribution in [3.8, 4) is 11.8 Å². The molecule has 3 rings (SSSR count). The fourth-order valence-corrected chi connectivity index (χ4v) is 2.78. The second-order valence-electron chi connectivity index (χ2n) is 5.63. The van der Waals surface area contributed by atoms with E-state index in [9.17, 15) is 9.59 Å². The van der Waals surface area contributed by atoms with Crippen LogP contribution >= 0.6 is 0 Å². The SMILES string of the molecule is COc1nccnc1OC1CCCN(C(=O)CN2CCOC2=O)C1. The predicted octanol–water partition coefficient (Wildman–Crippen LogP) is 0.307. The average molecular weight is 336 g/mol. The smallest absolute Gasteiger partial charge is 0.410 e. The van der Waals surface area contributed by atoms with Gasteiger partial charge in [0.15, 0.2) is 0 Å². The molecule has 0 spiro atoms. The molecule has 0 N–H and O–H groups in total. The van der Waals surface area contributed by atoms with Crippen LogP contribution in [-0.2, 0) is 9.53 Å². The van der Waals surface area contributed by atoms with E-state index in [0.717, 1.165) is 12.8 Å². The molecule has 0 aliphatic carbocycles. The Labute approximate surface area is 139 Å². The van der Waals surface area contributed by atoms with Gasteiger partial charge >= 0.3 is 6.09 Å². The molecule has 1 unspecified atom stereocenters. The third-order valence-electron chi connectivity index (χ3n) is 4.01. The first-order chi connectivity index (χ1) is 11.7. The molecule has 130 valence electrons. The summed E-state index contributed by atoms with van der Waals surface area (Å²) in [4.78, 5) is 35.1. The minimum absolute atomic E-state index is 0.0417. The van der Waals surface area contributed by atoms with E-state index in [4.69, 9.17) is 14.2 Å². The van der Waals surface area contributed by atoms with Crippen LogP contribution < -0.4 is 9.47 Å². The zero-order valence-corrected chi connectivity index (χ0v) is 13.5. The second kappa shape index (κ2) is 7.33. The summed E-state index contributed by atoms with van der Waals surface area (Å²) in [7, 11) is 1.50. The number of amides is 2. The topological polar surface area (TPSA) is 94.1 Å². The monoisotopic (exact) mass is 336 g/mol. The van der Waals surface area contributed by atoms with Crippen LogP contribution in [0.3, 0.4) is 0 Å². The van der Waals surface area contributed by atoms with Gasteiger partial charge in [0, 0.05) is 18.9 Å². The van der Waals surface area contributed by atoms with Crippen molar-refractivity contribution in [2.75, 3.05) is 39.9 Å². The van der Waals surface area contributed by atoms with Gasteiger partial charge in [-0.3, -0.25) is 9.69 Å². The zero-order valence-electron chi connectivity index (χ0n) is 13.5. The van der Waals surface area contributed by atoms with E-state index in [-0.39, 0.29) is 18.6 Å². The number of hydrogen-bond acceptors (Lipinski definition) is 7. The Morgan fingerprint density at radius 1 is 1.33 bits per heavy atom. The lowest BCUT2D eigenvalue weighted by Crippen LogP contribution is -2.48. The molecule has 0 saturated carbocycles. The number of carbonyl (C=O) groups is 2. The van der Waals surface area contributed by atoms with E-state index in [1.54, 1.807) is 4.90 Å². The summed E-state index contributed by atoms with van der Waals surface area (Å²) in [5.41, 5.74) is 0. The molecule has 9 nitrogen and oxygen atoms in total. The van der Waals surface area contributed by atoms with Gasteiger partial charge in [0.2, 0.25) is 5.91 Å². The van der Waals surface area contributed by atoms with Gasteiger partial charge in [0.1, 0.15) is 19.3 Å². The molecule has 24 heavy (non-hydrogen) atoms. The minimum atomic E-state index is -0.433. The van der Waals surface area contributed by atoms with Crippen LogP contribution in [0, 0.1) is 0 Å². The summed E-state index contributed by atoms with van der Waals surface area (Å²) in [5, 5.41) is 0. The number of aromatic nitrogens is 2. The Hall–Kier alpha value is -2.58. The van der Waals surface area contributed by atoms with Gasteiger partial charge in [0.05, 0.1) is 20.2 Å². The molecule has 2 saturated heterocycles. The minimum Gasteiger partial charge on any atom is -0.477 e. The van der Waals surface area contributed by atoms with Crippen LogP contribution in [0.25, 0.3) is 0 Å². The molecular weight excluding hydrogens is 316 g/mol. The molecule has 0 aromatic carbocycles. The number of likely N-dealkylation sites (tertiary alicyclic amines) is 1. The third kappa shape index (κ3) is 3.66. The molecule has 2 aliphatic heterocycles. The van der Waals surface area contributed by atoms with Gasteiger partial charge in [-0.05, 0) is 12.8 Å². The summed E-state index contributed by atoms with van der Waals surface area (Å²) in [5.74, 6) is 0.538. The first-order valence-electron chi connectivity index (χ1n) is 7.88. The van der Waals surface area contributed by atoms with Crippen LogP contribution in [0.4, 0.5) is 4.79 Å². The standard InChI is InChI=1S/C15H20N4O5/c1-22-13-14(17-5-4-16-13)24-11-3-2-6-18(9-11)12(20)10-19-7-8-23-15(19)21/h4-5,11H,2-3,6-10H2,1H3. The highest BCUT2D eigenvalue weighted by Gasteiger charge is 2.30. The van der Waals surface area contributed by atoms with Gasteiger partial charge < -0.3 is 19.1 Å². The summed E-state index contributed by atoms with van der Waals surface area (Å²) in [6.45, 7) is 1.93. The normalized spacial score (nSPS) is 20.7. The maximum atomic E-state index is 12.4. The first kappa shape index (κ1) is 16.3. The number of hydrogen-bond donors (Lipinski definition) is 0. The Morgan fingerprint density at radius 3 is 2.83 bits per heavy atom. The largest absolute Gasteiger partial charge is 0.477 e. The van der Waals surface area contributed by atoms with E-state index in [1.807, 2.05) is 0 Å². The molecule has 2 amide bonds. The number of nitrogens with zero attached hydrogens (tertiary/aromatic N) is 4. The lowest BCUT2D eigenvalue weighted by atomic mass is 10.1. The van der Waals surface area contributed by atoms with Gasteiger partial charge in [-0.2, -0.15) is 0 Å². The number of cyclic esters (lactones) is 1. The molecular formula is C15H20N4O5. The number of piperidine rings is 1. The quantitative estimate of drug-likeness (QED) is 0.763. The molecule has 3 heterocycles. The van der Waals surface area contributed by atoms with Crippen molar-refractivity contribution in [2.45, 2.75) is 18.9 Å². The van der Waals surface area contributed by atoms with E-state index in [1.165, 1.54) is 24.4 Å². The predicted molar refractivity (Wildman–Crippen MR) is 81.7 cm³/mol. The van der Waals surface area contributed by atoms with Gasteiger partial charge in [-0.25, -0.2) is 14.8 Å². The molecule has 2 aliphatic rings. The van der Waals surface area contributed by atoms with Crippen molar-refractivity contribution in [2.24, 2.45) is 0 Å². The lowest BCUT2D eigenvalue weighted by molar-refractivity contribution is -0.134. The molecule has 1 aromatic heterocycles. The van der Waals surface area contributed by atoms with Gasteiger partial charge in [-0.1, -0.05) is 0 Å². The lowest BCUT2D eigenvalue weighted by Gasteiger charge is -2.33. The maximum absolute atomic E-state index is 12.4. The molecule has 0 bridgehead atoms. The second-order valence-corrected chi connectivity index (χ2v) is 5.63. The fraction of sp³-hybridized carbons (Fsp3) is 0.600. The highest BCUT2D eigenvalue weighted by Crippen LogP contribution is 2.24. The van der Waals surface area contributed by atoms with Crippen molar-refractivity contribution < 1.29 is 23.8 Å². The van der Waals surface area contributed by atoms with Crippen molar-refractivity contribution in [3.05, 3.63) is 12.4 Å². The third-order valence-corrected chi connectivity index (χ3v) is 4.01. The highest BCUT2D eigenvalue weighted by molar-refractivity contribution is 5.83. The first-order valence-corrected chi connectivity index (χ1v) is 7.88. The maximum Gasteiger partial charge on any atom is 0.410 e. The zero-order chi connectivity index (χ0) is 16.9. The van der Waals surface area contributed by atoms with Gasteiger partial charge in [0.25, 0.3) is 11.8 Å². The van der Waals surface area contributed by atoms with Crippen LogP contribution in [0.15, 0.2) is 12.4 Å².